The highest BCUT2D eigenvalue weighted by atomic mass is 14.3. The highest BCUT2D eigenvalue weighted by Gasteiger charge is 2.32. The molecule has 2 aliphatic carbocycles. The highest BCUT2D eigenvalue weighted by Crippen LogP contribution is 2.47. The maximum atomic E-state index is 2.53. The number of allylic oxidation sites excluding steroid dienone is 4. The van der Waals surface area contributed by atoms with Crippen LogP contribution in [0.25, 0.3) is 0 Å². The minimum atomic E-state index is 0.353. The van der Waals surface area contributed by atoms with Gasteiger partial charge >= 0.3 is 0 Å². The largest absolute Gasteiger partial charge is 0.0844 e. The first-order valence-corrected chi connectivity index (χ1v) is 10.3. The van der Waals surface area contributed by atoms with E-state index in [-0.39, 0.29) is 0 Å². The van der Waals surface area contributed by atoms with Gasteiger partial charge in [0.1, 0.15) is 0 Å². The van der Waals surface area contributed by atoms with Crippen molar-refractivity contribution in [2.45, 2.75) is 57.3 Å². The third-order valence-electron chi connectivity index (χ3n) is 5.83. The van der Waals surface area contributed by atoms with Crippen LogP contribution in [-0.2, 0) is 0 Å². The van der Waals surface area contributed by atoms with Gasteiger partial charge in [-0.2, -0.15) is 0 Å². The summed E-state index contributed by atoms with van der Waals surface area (Å²) in [6.07, 6.45) is 15.4. The Balaban J connectivity index is 1.83. The van der Waals surface area contributed by atoms with Crippen LogP contribution in [0.3, 0.4) is 0 Å². The molecule has 0 unspecified atom stereocenters. The molecule has 0 saturated carbocycles. The molecule has 0 aromatic heterocycles. The number of hydrogen-bond acceptors (Lipinski definition) is 0. The lowest BCUT2D eigenvalue weighted by Gasteiger charge is -2.34. The lowest BCUT2D eigenvalue weighted by atomic mass is 9.69. The first-order valence-electron chi connectivity index (χ1n) is 10.3. The Morgan fingerprint density at radius 2 is 1.04 bits per heavy atom. The van der Waals surface area contributed by atoms with Crippen molar-refractivity contribution < 1.29 is 0 Å². The van der Waals surface area contributed by atoms with E-state index in [9.17, 15) is 0 Å². The maximum Gasteiger partial charge on any atom is 0.0370 e. The molecule has 0 bridgehead atoms. The molecule has 0 spiro atoms. The van der Waals surface area contributed by atoms with Gasteiger partial charge in [-0.05, 0) is 62.5 Å². The summed E-state index contributed by atoms with van der Waals surface area (Å²) in [4.78, 5) is 0. The zero-order chi connectivity index (χ0) is 17.6. The van der Waals surface area contributed by atoms with Crippen molar-refractivity contribution in [1.82, 2.24) is 0 Å². The molecule has 0 heterocycles. The maximum absolute atomic E-state index is 2.53. The van der Waals surface area contributed by atoms with Gasteiger partial charge in [0.15, 0.2) is 0 Å². The molecule has 0 amide bonds. The van der Waals surface area contributed by atoms with Crippen molar-refractivity contribution in [3.63, 3.8) is 0 Å². The minimum absolute atomic E-state index is 0.353. The van der Waals surface area contributed by atoms with Crippen molar-refractivity contribution in [1.29, 1.82) is 0 Å². The van der Waals surface area contributed by atoms with Crippen molar-refractivity contribution >= 4 is 0 Å². The van der Waals surface area contributed by atoms with Gasteiger partial charge in [-0.25, -0.2) is 0 Å². The van der Waals surface area contributed by atoms with Gasteiger partial charge in [-0.1, -0.05) is 84.0 Å². The van der Waals surface area contributed by atoms with Crippen LogP contribution in [0.5, 0.6) is 0 Å². The van der Waals surface area contributed by atoms with Crippen LogP contribution in [0.1, 0.15) is 68.4 Å². The van der Waals surface area contributed by atoms with E-state index in [1.165, 1.54) is 62.5 Å². The quantitative estimate of drug-likeness (QED) is 0.531. The van der Waals surface area contributed by atoms with Crippen LogP contribution < -0.4 is 0 Å². The van der Waals surface area contributed by atoms with E-state index >= 15 is 0 Å². The molecule has 0 saturated heterocycles. The van der Waals surface area contributed by atoms with E-state index in [2.05, 4.69) is 72.8 Å². The predicted molar refractivity (Wildman–Crippen MR) is 111 cm³/mol. The minimum Gasteiger partial charge on any atom is -0.0844 e. The van der Waals surface area contributed by atoms with Gasteiger partial charge in [0.2, 0.25) is 0 Å². The summed E-state index contributed by atoms with van der Waals surface area (Å²) in [5, 5.41) is 0. The number of benzene rings is 2. The molecule has 26 heavy (non-hydrogen) atoms. The van der Waals surface area contributed by atoms with Gasteiger partial charge < -0.3 is 0 Å². The molecule has 2 aliphatic rings. The van der Waals surface area contributed by atoms with Crippen LogP contribution in [0.15, 0.2) is 84.0 Å². The predicted octanol–water partition coefficient (Wildman–Crippen LogP) is 7.39. The average Bonchev–Trinajstić information content (AvgIpc) is 2.74. The van der Waals surface area contributed by atoms with Crippen molar-refractivity contribution in [2.75, 3.05) is 0 Å². The summed E-state index contributed by atoms with van der Waals surface area (Å²) in [5.41, 5.74) is 6.07. The Hall–Kier alpha value is -2.08. The van der Waals surface area contributed by atoms with Gasteiger partial charge in [0.05, 0.1) is 0 Å². The second-order valence-electron chi connectivity index (χ2n) is 7.62. The SMILES string of the molecule is C1=C([C](C2=CCCCC2)C(c2ccccc2)c2ccccc2)CCCC1. The Morgan fingerprint density at radius 1 is 0.577 bits per heavy atom. The fraction of sp³-hybridized carbons (Fsp3) is 0.346. The van der Waals surface area contributed by atoms with E-state index in [0.717, 1.165) is 0 Å². The zero-order valence-corrected chi connectivity index (χ0v) is 15.7. The molecule has 4 rings (SSSR count). The highest BCUT2D eigenvalue weighted by molar-refractivity contribution is 5.53. The Labute approximate surface area is 158 Å². The molecule has 0 nitrogen and oxygen atoms in total. The average molecular weight is 342 g/mol. The van der Waals surface area contributed by atoms with Crippen LogP contribution >= 0.6 is 0 Å². The molecule has 0 aliphatic heterocycles. The van der Waals surface area contributed by atoms with E-state index in [1.54, 1.807) is 17.1 Å². The summed E-state index contributed by atoms with van der Waals surface area (Å²) in [7, 11) is 0. The van der Waals surface area contributed by atoms with Crippen molar-refractivity contribution in [2.24, 2.45) is 0 Å². The smallest absolute Gasteiger partial charge is 0.0370 e. The van der Waals surface area contributed by atoms with Crippen LogP contribution in [-0.4, -0.2) is 0 Å². The first-order chi connectivity index (χ1) is 12.9. The molecule has 133 valence electrons. The Kier molecular flexibility index (Phi) is 5.69. The van der Waals surface area contributed by atoms with Gasteiger partial charge in [-0.3, -0.25) is 0 Å². The number of rotatable bonds is 5. The zero-order valence-electron chi connectivity index (χ0n) is 15.7. The van der Waals surface area contributed by atoms with Crippen LogP contribution in [0.2, 0.25) is 0 Å². The van der Waals surface area contributed by atoms with Crippen LogP contribution in [0.4, 0.5) is 0 Å². The molecule has 0 heteroatoms. The van der Waals surface area contributed by atoms with Gasteiger partial charge in [0, 0.05) is 11.8 Å². The second-order valence-corrected chi connectivity index (χ2v) is 7.62. The normalized spacial score (nSPS) is 17.9. The topological polar surface area (TPSA) is 0 Å². The lowest BCUT2D eigenvalue weighted by molar-refractivity contribution is 0.641. The molecule has 2 aromatic carbocycles. The summed E-state index contributed by atoms with van der Waals surface area (Å²) < 4.78 is 0. The first kappa shape index (κ1) is 17.3. The lowest BCUT2D eigenvalue weighted by Crippen LogP contribution is -2.19. The molecule has 0 N–H and O–H groups in total. The Bertz CT molecular complexity index is 686. The van der Waals surface area contributed by atoms with E-state index in [0.29, 0.717) is 5.92 Å². The molecule has 1 radical (unpaired) electrons. The van der Waals surface area contributed by atoms with Gasteiger partial charge in [-0.15, -0.1) is 0 Å². The van der Waals surface area contributed by atoms with Gasteiger partial charge in [0.25, 0.3) is 0 Å². The standard InChI is InChI=1S/C26H29/c1-5-13-21(14-6-1)25(22-15-7-2-8-16-22)26(23-17-9-3-10-18-23)24-19-11-4-12-20-24/h1-2,5-8,13-17,19,25H,3-4,9-12,18,20H2. The van der Waals surface area contributed by atoms with Crippen LogP contribution in [0, 0.1) is 5.92 Å². The summed E-state index contributed by atoms with van der Waals surface area (Å²) in [6.45, 7) is 0. The fourth-order valence-corrected chi connectivity index (χ4v) is 4.56. The fourth-order valence-electron chi connectivity index (χ4n) is 4.56. The Morgan fingerprint density at radius 3 is 1.42 bits per heavy atom. The summed E-state index contributed by atoms with van der Waals surface area (Å²) in [5.74, 6) is 1.97. The van der Waals surface area contributed by atoms with Crippen molar-refractivity contribution in [3.8, 4) is 0 Å². The van der Waals surface area contributed by atoms with Crippen molar-refractivity contribution in [3.05, 3.63) is 101 Å². The second kappa shape index (κ2) is 8.54. The molecular formula is C26H29. The monoisotopic (exact) mass is 341 g/mol. The van der Waals surface area contributed by atoms with E-state index < -0.39 is 0 Å². The molecule has 0 atom stereocenters. The van der Waals surface area contributed by atoms with E-state index in [1.807, 2.05) is 0 Å². The molecule has 0 fully saturated rings. The summed E-state index contributed by atoms with van der Waals surface area (Å²) in [6, 6.07) is 22.3. The third kappa shape index (κ3) is 3.85. The number of hydrogen-bond donors (Lipinski definition) is 0. The molecular weight excluding hydrogens is 312 g/mol. The third-order valence-corrected chi connectivity index (χ3v) is 5.83. The van der Waals surface area contributed by atoms with E-state index in [4.69, 9.17) is 0 Å². The molecule has 2 aromatic rings. The summed E-state index contributed by atoms with van der Waals surface area (Å²) >= 11 is 0.